The van der Waals surface area contributed by atoms with Crippen LogP contribution >= 0.6 is 0 Å². The molecule has 0 aliphatic carbocycles. The number of piperazine rings is 1. The summed E-state index contributed by atoms with van der Waals surface area (Å²) in [5.41, 5.74) is 2.16. The summed E-state index contributed by atoms with van der Waals surface area (Å²) in [4.78, 5) is 2.43. The van der Waals surface area contributed by atoms with Crippen LogP contribution in [0.3, 0.4) is 0 Å². The number of hydrogen-bond acceptors (Lipinski definition) is 4. The van der Waals surface area contributed by atoms with Crippen LogP contribution in [0, 0.1) is 0 Å². The van der Waals surface area contributed by atoms with Crippen molar-refractivity contribution < 1.29 is 0 Å². The summed E-state index contributed by atoms with van der Waals surface area (Å²) in [5, 5.41) is 13.0. The molecule has 0 bridgehead atoms. The molecule has 1 aliphatic heterocycles. The number of nitrogens with zero attached hydrogens (tertiary/aromatic N) is 3. The van der Waals surface area contributed by atoms with E-state index >= 15 is 0 Å². The highest BCUT2D eigenvalue weighted by molar-refractivity contribution is 5.90. The van der Waals surface area contributed by atoms with Crippen molar-refractivity contribution in [1.82, 2.24) is 15.5 Å². The maximum Gasteiger partial charge on any atom is 0.0950 e. The first-order chi connectivity index (χ1) is 8.75. The van der Waals surface area contributed by atoms with Crippen molar-refractivity contribution in [3.05, 3.63) is 30.5 Å². The fourth-order valence-corrected chi connectivity index (χ4v) is 2.58. The third-order valence-corrected chi connectivity index (χ3v) is 3.60. The summed E-state index contributed by atoms with van der Waals surface area (Å²) in [6.45, 7) is 6.48. The molecule has 1 aromatic heterocycles. The standard InChI is InChI=1S/C14H18N4/c1-10-9-18(11(2)7-15-10)14-8-16-17-13-6-4-3-5-12(13)14/h3-6,8,10-11,15H,7,9H2,1-2H3. The summed E-state index contributed by atoms with van der Waals surface area (Å²) >= 11 is 0. The first-order valence-corrected chi connectivity index (χ1v) is 6.46. The molecule has 94 valence electrons. The van der Waals surface area contributed by atoms with Crippen LogP contribution in [0.5, 0.6) is 0 Å². The molecule has 1 fully saturated rings. The van der Waals surface area contributed by atoms with Crippen molar-refractivity contribution in [2.75, 3.05) is 18.0 Å². The molecule has 0 amide bonds. The van der Waals surface area contributed by atoms with Crippen LogP contribution in [-0.4, -0.2) is 35.4 Å². The number of hydrogen-bond donors (Lipinski definition) is 1. The summed E-state index contributed by atoms with van der Waals surface area (Å²) in [6.07, 6.45) is 1.89. The van der Waals surface area contributed by atoms with Crippen LogP contribution in [0.25, 0.3) is 10.9 Å². The zero-order chi connectivity index (χ0) is 12.5. The predicted molar refractivity (Wildman–Crippen MR) is 73.8 cm³/mol. The molecule has 1 N–H and O–H groups in total. The molecule has 1 saturated heterocycles. The van der Waals surface area contributed by atoms with E-state index in [1.807, 2.05) is 18.3 Å². The molecule has 4 nitrogen and oxygen atoms in total. The zero-order valence-corrected chi connectivity index (χ0v) is 10.8. The highest BCUT2D eigenvalue weighted by Crippen LogP contribution is 2.26. The van der Waals surface area contributed by atoms with Crippen LogP contribution in [0.2, 0.25) is 0 Å². The molecule has 1 aliphatic rings. The second kappa shape index (κ2) is 4.53. The van der Waals surface area contributed by atoms with Gasteiger partial charge >= 0.3 is 0 Å². The lowest BCUT2D eigenvalue weighted by molar-refractivity contribution is 0.425. The van der Waals surface area contributed by atoms with E-state index < -0.39 is 0 Å². The lowest BCUT2D eigenvalue weighted by atomic mass is 10.1. The van der Waals surface area contributed by atoms with Crippen LogP contribution in [0.4, 0.5) is 5.69 Å². The molecular weight excluding hydrogens is 224 g/mol. The van der Waals surface area contributed by atoms with E-state index in [1.165, 1.54) is 11.1 Å². The van der Waals surface area contributed by atoms with Gasteiger partial charge in [0.2, 0.25) is 0 Å². The second-order valence-corrected chi connectivity index (χ2v) is 5.06. The highest BCUT2D eigenvalue weighted by atomic mass is 15.2. The topological polar surface area (TPSA) is 41.1 Å². The molecule has 1 aromatic carbocycles. The van der Waals surface area contributed by atoms with E-state index in [9.17, 15) is 0 Å². The number of rotatable bonds is 1. The SMILES string of the molecule is CC1CN(c2cnnc3ccccc23)C(C)CN1. The number of fused-ring (bicyclic) bond motifs is 1. The van der Waals surface area contributed by atoms with E-state index in [0.29, 0.717) is 12.1 Å². The smallest absolute Gasteiger partial charge is 0.0950 e. The molecule has 18 heavy (non-hydrogen) atoms. The van der Waals surface area contributed by atoms with Gasteiger partial charge in [-0.05, 0) is 19.9 Å². The van der Waals surface area contributed by atoms with E-state index in [4.69, 9.17) is 0 Å². The van der Waals surface area contributed by atoms with Crippen molar-refractivity contribution in [2.45, 2.75) is 25.9 Å². The summed E-state index contributed by atoms with van der Waals surface area (Å²) in [6, 6.07) is 9.19. The molecule has 4 heteroatoms. The predicted octanol–water partition coefficient (Wildman–Crippen LogP) is 1.82. The van der Waals surface area contributed by atoms with E-state index in [0.717, 1.165) is 18.6 Å². The molecule has 2 unspecified atom stereocenters. The molecular formula is C14H18N4. The maximum absolute atomic E-state index is 4.19. The van der Waals surface area contributed by atoms with Gasteiger partial charge in [-0.25, -0.2) is 0 Å². The molecule has 0 saturated carbocycles. The Labute approximate surface area is 107 Å². The minimum atomic E-state index is 0.480. The first kappa shape index (κ1) is 11.4. The van der Waals surface area contributed by atoms with Gasteiger partial charge in [0.1, 0.15) is 0 Å². The molecule has 0 radical (unpaired) electrons. The number of nitrogens with one attached hydrogen (secondary N) is 1. The van der Waals surface area contributed by atoms with Crippen LogP contribution in [-0.2, 0) is 0 Å². The van der Waals surface area contributed by atoms with Crippen molar-refractivity contribution in [2.24, 2.45) is 0 Å². The van der Waals surface area contributed by atoms with Gasteiger partial charge in [0.15, 0.2) is 0 Å². The van der Waals surface area contributed by atoms with Crippen LogP contribution < -0.4 is 10.2 Å². The largest absolute Gasteiger partial charge is 0.364 e. The average Bonchev–Trinajstić information content (AvgIpc) is 2.41. The van der Waals surface area contributed by atoms with Gasteiger partial charge in [0.05, 0.1) is 17.4 Å². The molecule has 2 atom stereocenters. The average molecular weight is 242 g/mol. The Morgan fingerprint density at radius 1 is 1.28 bits per heavy atom. The van der Waals surface area contributed by atoms with Gasteiger partial charge in [0, 0.05) is 30.6 Å². The first-order valence-electron chi connectivity index (χ1n) is 6.46. The Morgan fingerprint density at radius 2 is 2.11 bits per heavy atom. The molecule has 2 aromatic rings. The lowest BCUT2D eigenvalue weighted by Gasteiger charge is -2.39. The fraction of sp³-hybridized carbons (Fsp3) is 0.429. The van der Waals surface area contributed by atoms with Gasteiger partial charge < -0.3 is 10.2 Å². The van der Waals surface area contributed by atoms with Crippen molar-refractivity contribution in [3.63, 3.8) is 0 Å². The van der Waals surface area contributed by atoms with Gasteiger partial charge in [-0.1, -0.05) is 18.2 Å². The van der Waals surface area contributed by atoms with Gasteiger partial charge in [-0.2, -0.15) is 10.2 Å². The lowest BCUT2D eigenvalue weighted by Crippen LogP contribution is -2.54. The Hall–Kier alpha value is -1.68. The molecule has 0 spiro atoms. The van der Waals surface area contributed by atoms with Crippen LogP contribution in [0.15, 0.2) is 30.5 Å². The third-order valence-electron chi connectivity index (χ3n) is 3.60. The highest BCUT2D eigenvalue weighted by Gasteiger charge is 2.24. The Kier molecular flexibility index (Phi) is 2.88. The Bertz CT molecular complexity index is 549. The van der Waals surface area contributed by atoms with E-state index in [1.54, 1.807) is 0 Å². The second-order valence-electron chi connectivity index (χ2n) is 5.06. The summed E-state index contributed by atoms with van der Waals surface area (Å²) in [7, 11) is 0. The van der Waals surface area contributed by atoms with Crippen molar-refractivity contribution in [1.29, 1.82) is 0 Å². The van der Waals surface area contributed by atoms with Gasteiger partial charge in [0.25, 0.3) is 0 Å². The minimum Gasteiger partial charge on any atom is -0.364 e. The molecule has 3 rings (SSSR count). The van der Waals surface area contributed by atoms with E-state index in [-0.39, 0.29) is 0 Å². The summed E-state index contributed by atoms with van der Waals surface area (Å²) in [5.74, 6) is 0. The quantitative estimate of drug-likeness (QED) is 0.828. The summed E-state index contributed by atoms with van der Waals surface area (Å²) < 4.78 is 0. The number of anilines is 1. The number of benzene rings is 1. The van der Waals surface area contributed by atoms with Crippen molar-refractivity contribution in [3.8, 4) is 0 Å². The van der Waals surface area contributed by atoms with Gasteiger partial charge in [-0.15, -0.1) is 0 Å². The minimum absolute atomic E-state index is 0.480. The third kappa shape index (κ3) is 1.93. The monoisotopic (exact) mass is 242 g/mol. The zero-order valence-electron chi connectivity index (χ0n) is 10.8. The normalized spacial score (nSPS) is 24.4. The molecule has 2 heterocycles. The van der Waals surface area contributed by atoms with Gasteiger partial charge in [-0.3, -0.25) is 0 Å². The Balaban J connectivity index is 2.07. The van der Waals surface area contributed by atoms with Crippen LogP contribution in [0.1, 0.15) is 13.8 Å². The maximum atomic E-state index is 4.19. The number of aromatic nitrogens is 2. The fourth-order valence-electron chi connectivity index (χ4n) is 2.58. The Morgan fingerprint density at radius 3 is 3.00 bits per heavy atom. The van der Waals surface area contributed by atoms with Crippen molar-refractivity contribution >= 4 is 16.6 Å². The van der Waals surface area contributed by atoms with E-state index in [2.05, 4.69) is 46.4 Å².